The minimum absolute atomic E-state index is 0.266. The maximum atomic E-state index is 12.1. The van der Waals surface area contributed by atoms with Crippen molar-refractivity contribution in [1.29, 1.82) is 0 Å². The van der Waals surface area contributed by atoms with Crippen molar-refractivity contribution in [2.75, 3.05) is 7.11 Å². The van der Waals surface area contributed by atoms with Crippen molar-refractivity contribution >= 4 is 17.5 Å². The van der Waals surface area contributed by atoms with Crippen molar-refractivity contribution < 1.29 is 9.53 Å². The van der Waals surface area contributed by atoms with Gasteiger partial charge in [0.2, 0.25) is 0 Å². The van der Waals surface area contributed by atoms with E-state index in [1.54, 1.807) is 25.1 Å². The number of nitrogens with one attached hydrogen (secondary N) is 2. The molecule has 0 saturated heterocycles. The van der Waals surface area contributed by atoms with Crippen LogP contribution in [0.4, 0.5) is 0 Å². The van der Waals surface area contributed by atoms with Gasteiger partial charge in [0.25, 0.3) is 5.91 Å². The highest BCUT2D eigenvalue weighted by Gasteiger charge is 2.17. The van der Waals surface area contributed by atoms with E-state index >= 15 is 0 Å². The zero-order chi connectivity index (χ0) is 13.8. The molecule has 2 rings (SSSR count). The summed E-state index contributed by atoms with van der Waals surface area (Å²) in [5, 5.41) is 9.75. The topological polar surface area (TPSA) is 79.9 Å². The van der Waals surface area contributed by atoms with E-state index < -0.39 is 0 Å². The molecule has 2 N–H and O–H groups in total. The third-order valence-electron chi connectivity index (χ3n) is 2.60. The quantitative estimate of drug-likeness (QED) is 0.897. The summed E-state index contributed by atoms with van der Waals surface area (Å²) < 4.78 is 5.14. The number of nitrogens with zero attached hydrogens (tertiary/aromatic N) is 2. The second-order valence-corrected chi connectivity index (χ2v) is 4.35. The van der Waals surface area contributed by atoms with Gasteiger partial charge in [-0.3, -0.25) is 9.89 Å². The lowest BCUT2D eigenvalue weighted by Gasteiger charge is -2.13. The molecular weight excluding hydrogens is 268 g/mol. The molecule has 0 aliphatic carbocycles. The highest BCUT2D eigenvalue weighted by molar-refractivity contribution is 6.30. The van der Waals surface area contributed by atoms with Crippen molar-refractivity contribution in [3.8, 4) is 5.75 Å². The van der Waals surface area contributed by atoms with E-state index in [2.05, 4.69) is 20.5 Å². The number of H-pyrrole nitrogens is 1. The number of halogens is 1. The molecule has 19 heavy (non-hydrogen) atoms. The Morgan fingerprint density at radius 1 is 1.53 bits per heavy atom. The van der Waals surface area contributed by atoms with E-state index in [1.807, 2.05) is 0 Å². The number of hydrogen-bond donors (Lipinski definition) is 2. The molecule has 0 radical (unpaired) electrons. The van der Waals surface area contributed by atoms with Crippen LogP contribution in [0.1, 0.15) is 29.1 Å². The Morgan fingerprint density at radius 3 is 2.95 bits per heavy atom. The number of methoxy groups -OCH3 is 1. The van der Waals surface area contributed by atoms with Crippen LogP contribution in [0.3, 0.4) is 0 Å². The van der Waals surface area contributed by atoms with Gasteiger partial charge in [-0.15, -0.1) is 0 Å². The average Bonchev–Trinajstić information content (AvgIpc) is 2.92. The van der Waals surface area contributed by atoms with Crippen LogP contribution in [-0.2, 0) is 0 Å². The molecule has 1 atom stereocenters. The summed E-state index contributed by atoms with van der Waals surface area (Å²) in [7, 11) is 1.49. The van der Waals surface area contributed by atoms with Crippen LogP contribution in [0, 0.1) is 0 Å². The van der Waals surface area contributed by atoms with Crippen LogP contribution in [0.15, 0.2) is 24.5 Å². The molecule has 1 aromatic heterocycles. The molecule has 100 valence electrons. The minimum atomic E-state index is -0.282. The van der Waals surface area contributed by atoms with E-state index in [0.717, 1.165) is 0 Å². The number of ether oxygens (including phenoxy) is 1. The van der Waals surface area contributed by atoms with Crippen LogP contribution < -0.4 is 10.1 Å². The standard InChI is InChI=1S/C12H13ClN4O2/c1-7(11-14-6-15-17-11)16-12(18)9-4-3-8(13)5-10(9)19-2/h3-7H,1-2H3,(H,16,18)(H,14,15,17). The lowest BCUT2D eigenvalue weighted by Crippen LogP contribution is -2.27. The Bertz CT molecular complexity index is 571. The first kappa shape index (κ1) is 13.4. The molecule has 6 nitrogen and oxygen atoms in total. The molecule has 2 aromatic rings. The summed E-state index contributed by atoms with van der Waals surface area (Å²) >= 11 is 5.85. The predicted octanol–water partition coefficient (Wildman–Crippen LogP) is 1.96. The molecule has 1 amide bonds. The highest BCUT2D eigenvalue weighted by atomic mass is 35.5. The lowest BCUT2D eigenvalue weighted by atomic mass is 10.1. The lowest BCUT2D eigenvalue weighted by molar-refractivity contribution is 0.0935. The molecule has 0 aliphatic heterocycles. The first-order valence-electron chi connectivity index (χ1n) is 5.61. The number of amides is 1. The van der Waals surface area contributed by atoms with Gasteiger partial charge in [-0.2, -0.15) is 5.10 Å². The molecule has 0 aliphatic rings. The molecule has 0 fully saturated rings. The van der Waals surface area contributed by atoms with Gasteiger partial charge in [0.05, 0.1) is 18.7 Å². The van der Waals surface area contributed by atoms with Gasteiger partial charge >= 0.3 is 0 Å². The van der Waals surface area contributed by atoms with Crippen molar-refractivity contribution in [3.05, 3.63) is 40.9 Å². The Hall–Kier alpha value is -2.08. The van der Waals surface area contributed by atoms with Crippen LogP contribution in [0.25, 0.3) is 0 Å². The summed E-state index contributed by atoms with van der Waals surface area (Å²) in [4.78, 5) is 16.1. The van der Waals surface area contributed by atoms with Gasteiger partial charge < -0.3 is 10.1 Å². The Labute approximate surface area is 115 Å². The monoisotopic (exact) mass is 280 g/mol. The number of carbonyl (C=O) groups excluding carboxylic acids is 1. The number of aromatic nitrogens is 3. The summed E-state index contributed by atoms with van der Waals surface area (Å²) in [6, 6.07) is 4.56. The fourth-order valence-electron chi connectivity index (χ4n) is 1.62. The smallest absolute Gasteiger partial charge is 0.255 e. The zero-order valence-corrected chi connectivity index (χ0v) is 11.2. The van der Waals surface area contributed by atoms with Crippen molar-refractivity contribution in [1.82, 2.24) is 20.5 Å². The molecule has 1 aromatic carbocycles. The fourth-order valence-corrected chi connectivity index (χ4v) is 1.78. The first-order valence-corrected chi connectivity index (χ1v) is 5.99. The normalized spacial score (nSPS) is 11.9. The van der Waals surface area contributed by atoms with E-state index in [9.17, 15) is 4.79 Å². The Morgan fingerprint density at radius 2 is 2.32 bits per heavy atom. The fraction of sp³-hybridized carbons (Fsp3) is 0.250. The summed E-state index contributed by atoms with van der Waals surface area (Å²) in [6.45, 7) is 1.81. The number of aromatic amines is 1. The van der Waals surface area contributed by atoms with Crippen molar-refractivity contribution in [2.45, 2.75) is 13.0 Å². The number of benzene rings is 1. The molecule has 1 heterocycles. The second-order valence-electron chi connectivity index (χ2n) is 3.91. The van der Waals surface area contributed by atoms with E-state index in [-0.39, 0.29) is 11.9 Å². The predicted molar refractivity (Wildman–Crippen MR) is 70.3 cm³/mol. The van der Waals surface area contributed by atoms with E-state index in [0.29, 0.717) is 22.2 Å². The molecule has 0 saturated carbocycles. The summed E-state index contributed by atoms with van der Waals surface area (Å²) in [5.41, 5.74) is 0.415. The third kappa shape index (κ3) is 3.03. The SMILES string of the molecule is COc1cc(Cl)ccc1C(=O)NC(C)c1ncn[nH]1. The Balaban J connectivity index is 2.16. The summed E-state index contributed by atoms with van der Waals surface area (Å²) in [6.07, 6.45) is 1.39. The molecule has 1 unspecified atom stereocenters. The first-order chi connectivity index (χ1) is 9.11. The van der Waals surface area contributed by atoms with Gasteiger partial charge in [0.1, 0.15) is 17.9 Å². The number of rotatable bonds is 4. The Kier molecular flexibility index (Phi) is 4.01. The van der Waals surface area contributed by atoms with Crippen LogP contribution in [0.5, 0.6) is 5.75 Å². The van der Waals surface area contributed by atoms with Crippen LogP contribution in [0.2, 0.25) is 5.02 Å². The average molecular weight is 281 g/mol. The summed E-state index contributed by atoms with van der Waals surface area (Å²) in [5.74, 6) is 0.744. The van der Waals surface area contributed by atoms with E-state index in [4.69, 9.17) is 16.3 Å². The maximum Gasteiger partial charge on any atom is 0.255 e. The van der Waals surface area contributed by atoms with Crippen molar-refractivity contribution in [3.63, 3.8) is 0 Å². The molecular formula is C12H13ClN4O2. The molecule has 7 heteroatoms. The zero-order valence-electron chi connectivity index (χ0n) is 10.5. The van der Waals surface area contributed by atoms with Gasteiger partial charge in [-0.05, 0) is 25.1 Å². The van der Waals surface area contributed by atoms with E-state index in [1.165, 1.54) is 13.4 Å². The van der Waals surface area contributed by atoms with Crippen LogP contribution in [-0.4, -0.2) is 28.2 Å². The van der Waals surface area contributed by atoms with Crippen molar-refractivity contribution in [2.24, 2.45) is 0 Å². The number of hydrogen-bond acceptors (Lipinski definition) is 4. The molecule has 0 spiro atoms. The molecule has 0 bridgehead atoms. The number of carbonyl (C=O) groups is 1. The van der Waals surface area contributed by atoms with Gasteiger partial charge in [-0.25, -0.2) is 4.98 Å². The highest BCUT2D eigenvalue weighted by Crippen LogP contribution is 2.23. The second kappa shape index (κ2) is 5.71. The van der Waals surface area contributed by atoms with Crippen LogP contribution >= 0.6 is 11.6 Å². The third-order valence-corrected chi connectivity index (χ3v) is 2.83. The van der Waals surface area contributed by atoms with Gasteiger partial charge in [0, 0.05) is 5.02 Å². The maximum absolute atomic E-state index is 12.1. The van der Waals surface area contributed by atoms with Gasteiger partial charge in [0.15, 0.2) is 0 Å². The minimum Gasteiger partial charge on any atom is -0.496 e. The van der Waals surface area contributed by atoms with Gasteiger partial charge in [-0.1, -0.05) is 11.6 Å². The largest absolute Gasteiger partial charge is 0.496 e.